The zero-order valence-corrected chi connectivity index (χ0v) is 14.8. The number of imidazole rings is 1. The molecule has 0 atom stereocenters. The standard InChI is InChI=1S/C18H22N6O2/c1-22-16(15-13-24-6-3-2-4-17(24)20-15)12-14(21-22)18(25)19-5-7-23-8-10-26-11-9-23/h2-4,6,12-13H,5,7-11H2,1H3,(H,19,25). The van der Waals surface area contributed by atoms with Gasteiger partial charge in [-0.1, -0.05) is 6.07 Å². The number of fused-ring (bicyclic) bond motifs is 1. The molecule has 1 aliphatic heterocycles. The zero-order chi connectivity index (χ0) is 17.9. The van der Waals surface area contributed by atoms with Gasteiger partial charge in [0, 0.05) is 45.6 Å². The lowest BCUT2D eigenvalue weighted by atomic mass is 10.3. The summed E-state index contributed by atoms with van der Waals surface area (Å²) in [5.74, 6) is -0.163. The molecule has 0 unspecified atom stereocenters. The van der Waals surface area contributed by atoms with Crippen LogP contribution in [-0.2, 0) is 11.8 Å². The first kappa shape index (κ1) is 16.7. The molecule has 0 saturated carbocycles. The van der Waals surface area contributed by atoms with Crippen LogP contribution in [0.4, 0.5) is 0 Å². The maximum atomic E-state index is 12.4. The van der Waals surface area contributed by atoms with Crippen LogP contribution in [0.25, 0.3) is 17.0 Å². The summed E-state index contributed by atoms with van der Waals surface area (Å²) in [6.07, 6.45) is 3.88. The molecule has 1 aliphatic rings. The fraction of sp³-hybridized carbons (Fsp3) is 0.389. The average molecular weight is 354 g/mol. The number of nitrogens with one attached hydrogen (secondary N) is 1. The van der Waals surface area contributed by atoms with Crippen LogP contribution >= 0.6 is 0 Å². The fourth-order valence-electron chi connectivity index (χ4n) is 3.12. The first-order chi connectivity index (χ1) is 12.7. The summed E-state index contributed by atoms with van der Waals surface area (Å²) < 4.78 is 8.97. The number of pyridine rings is 1. The van der Waals surface area contributed by atoms with Gasteiger partial charge in [0.25, 0.3) is 5.91 Å². The number of hydrogen-bond acceptors (Lipinski definition) is 5. The summed E-state index contributed by atoms with van der Waals surface area (Å²) in [5, 5.41) is 7.29. The monoisotopic (exact) mass is 354 g/mol. The Morgan fingerprint density at radius 2 is 2.15 bits per heavy atom. The molecular weight excluding hydrogens is 332 g/mol. The number of aryl methyl sites for hydroxylation is 1. The van der Waals surface area contributed by atoms with E-state index in [2.05, 4.69) is 20.3 Å². The molecule has 4 rings (SSSR count). The van der Waals surface area contributed by atoms with Crippen molar-refractivity contribution < 1.29 is 9.53 Å². The highest BCUT2D eigenvalue weighted by Gasteiger charge is 2.16. The summed E-state index contributed by atoms with van der Waals surface area (Å²) in [5.41, 5.74) is 2.87. The minimum atomic E-state index is -0.163. The Balaban J connectivity index is 1.42. The van der Waals surface area contributed by atoms with Crippen molar-refractivity contribution in [1.82, 2.24) is 29.4 Å². The first-order valence-electron chi connectivity index (χ1n) is 8.77. The first-order valence-corrected chi connectivity index (χ1v) is 8.77. The van der Waals surface area contributed by atoms with Crippen molar-refractivity contribution in [3.63, 3.8) is 0 Å². The van der Waals surface area contributed by atoms with Crippen LogP contribution in [0.2, 0.25) is 0 Å². The van der Waals surface area contributed by atoms with Crippen LogP contribution in [0.5, 0.6) is 0 Å². The van der Waals surface area contributed by atoms with Gasteiger partial charge in [-0.2, -0.15) is 5.10 Å². The summed E-state index contributed by atoms with van der Waals surface area (Å²) in [6, 6.07) is 7.63. The number of ether oxygens (including phenoxy) is 1. The quantitative estimate of drug-likeness (QED) is 0.733. The molecule has 3 aromatic heterocycles. The van der Waals surface area contributed by atoms with Gasteiger partial charge in [0.05, 0.1) is 18.9 Å². The molecule has 1 fully saturated rings. The van der Waals surface area contributed by atoms with Gasteiger partial charge in [-0.05, 0) is 18.2 Å². The number of aromatic nitrogens is 4. The second-order valence-electron chi connectivity index (χ2n) is 6.34. The molecule has 1 saturated heterocycles. The molecule has 4 heterocycles. The van der Waals surface area contributed by atoms with E-state index in [1.807, 2.05) is 42.0 Å². The van der Waals surface area contributed by atoms with E-state index in [4.69, 9.17) is 4.74 Å². The van der Waals surface area contributed by atoms with E-state index in [-0.39, 0.29) is 5.91 Å². The maximum absolute atomic E-state index is 12.4. The Hall–Kier alpha value is -2.71. The Morgan fingerprint density at radius 3 is 2.96 bits per heavy atom. The average Bonchev–Trinajstić information content (AvgIpc) is 3.25. The molecule has 8 nitrogen and oxygen atoms in total. The molecule has 0 spiro atoms. The summed E-state index contributed by atoms with van der Waals surface area (Å²) in [4.78, 5) is 19.3. The lowest BCUT2D eigenvalue weighted by Crippen LogP contribution is -2.41. The van der Waals surface area contributed by atoms with Gasteiger partial charge in [0.2, 0.25) is 0 Å². The molecule has 136 valence electrons. The molecule has 3 aromatic rings. The van der Waals surface area contributed by atoms with Crippen LogP contribution in [0.1, 0.15) is 10.5 Å². The van der Waals surface area contributed by atoms with E-state index in [0.717, 1.165) is 49.9 Å². The van der Waals surface area contributed by atoms with E-state index in [9.17, 15) is 4.79 Å². The highest BCUT2D eigenvalue weighted by atomic mass is 16.5. The van der Waals surface area contributed by atoms with Crippen molar-refractivity contribution in [2.45, 2.75) is 0 Å². The predicted molar refractivity (Wildman–Crippen MR) is 97.0 cm³/mol. The minimum Gasteiger partial charge on any atom is -0.379 e. The van der Waals surface area contributed by atoms with Gasteiger partial charge < -0.3 is 14.5 Å². The van der Waals surface area contributed by atoms with Gasteiger partial charge >= 0.3 is 0 Å². The van der Waals surface area contributed by atoms with Gasteiger partial charge in [0.15, 0.2) is 5.69 Å². The minimum absolute atomic E-state index is 0.163. The highest BCUT2D eigenvalue weighted by Crippen LogP contribution is 2.19. The van der Waals surface area contributed by atoms with E-state index in [0.29, 0.717) is 12.2 Å². The molecule has 8 heteroatoms. The Morgan fingerprint density at radius 1 is 1.31 bits per heavy atom. The Bertz CT molecular complexity index is 876. The molecule has 0 aromatic carbocycles. The number of nitrogens with zero attached hydrogens (tertiary/aromatic N) is 5. The molecule has 1 N–H and O–H groups in total. The van der Waals surface area contributed by atoms with Gasteiger partial charge in [-0.3, -0.25) is 14.4 Å². The normalized spacial score (nSPS) is 15.4. The van der Waals surface area contributed by atoms with Crippen molar-refractivity contribution in [3.05, 3.63) is 42.4 Å². The van der Waals surface area contributed by atoms with E-state index >= 15 is 0 Å². The van der Waals surface area contributed by atoms with Crippen LogP contribution in [-0.4, -0.2) is 69.4 Å². The van der Waals surface area contributed by atoms with Crippen LogP contribution in [0.15, 0.2) is 36.7 Å². The Labute approximate surface area is 151 Å². The molecule has 0 aliphatic carbocycles. The highest BCUT2D eigenvalue weighted by molar-refractivity contribution is 5.93. The second kappa shape index (κ2) is 7.27. The smallest absolute Gasteiger partial charge is 0.271 e. The number of morpholine rings is 1. The topological polar surface area (TPSA) is 76.7 Å². The third-order valence-electron chi connectivity index (χ3n) is 4.56. The van der Waals surface area contributed by atoms with Gasteiger partial charge in [-0.25, -0.2) is 4.98 Å². The van der Waals surface area contributed by atoms with E-state index in [1.54, 1.807) is 10.7 Å². The lowest BCUT2D eigenvalue weighted by molar-refractivity contribution is 0.0383. The summed E-state index contributed by atoms with van der Waals surface area (Å²) in [7, 11) is 1.82. The van der Waals surface area contributed by atoms with E-state index < -0.39 is 0 Å². The van der Waals surface area contributed by atoms with Gasteiger partial charge in [0.1, 0.15) is 11.3 Å². The number of carbonyl (C=O) groups excluding carboxylic acids is 1. The number of carbonyl (C=O) groups is 1. The third kappa shape index (κ3) is 3.47. The number of rotatable bonds is 5. The predicted octanol–water partition coefficient (Wildman–Crippen LogP) is 0.797. The fourth-order valence-corrected chi connectivity index (χ4v) is 3.12. The zero-order valence-electron chi connectivity index (χ0n) is 14.8. The molecule has 0 radical (unpaired) electrons. The summed E-state index contributed by atoms with van der Waals surface area (Å²) in [6.45, 7) is 4.77. The van der Waals surface area contributed by atoms with Crippen LogP contribution in [0, 0.1) is 0 Å². The second-order valence-corrected chi connectivity index (χ2v) is 6.34. The van der Waals surface area contributed by atoms with Crippen LogP contribution < -0.4 is 5.32 Å². The molecule has 26 heavy (non-hydrogen) atoms. The number of amides is 1. The van der Waals surface area contributed by atoms with Crippen molar-refractivity contribution in [1.29, 1.82) is 0 Å². The Kier molecular flexibility index (Phi) is 4.68. The van der Waals surface area contributed by atoms with E-state index in [1.165, 1.54) is 0 Å². The third-order valence-corrected chi connectivity index (χ3v) is 4.56. The van der Waals surface area contributed by atoms with Gasteiger partial charge in [-0.15, -0.1) is 0 Å². The van der Waals surface area contributed by atoms with Crippen molar-refractivity contribution in [3.8, 4) is 11.4 Å². The van der Waals surface area contributed by atoms with Crippen LogP contribution in [0.3, 0.4) is 0 Å². The SMILES string of the molecule is Cn1nc(C(=O)NCCN2CCOCC2)cc1-c1cn2ccccc2n1. The van der Waals surface area contributed by atoms with Crippen molar-refractivity contribution in [2.24, 2.45) is 7.05 Å². The number of hydrogen-bond donors (Lipinski definition) is 1. The largest absolute Gasteiger partial charge is 0.379 e. The summed E-state index contributed by atoms with van der Waals surface area (Å²) >= 11 is 0. The maximum Gasteiger partial charge on any atom is 0.271 e. The lowest BCUT2D eigenvalue weighted by Gasteiger charge is -2.26. The van der Waals surface area contributed by atoms with Crippen molar-refractivity contribution in [2.75, 3.05) is 39.4 Å². The van der Waals surface area contributed by atoms with Crippen molar-refractivity contribution >= 4 is 11.6 Å². The molecule has 0 bridgehead atoms. The molecule has 1 amide bonds. The molecular formula is C18H22N6O2.